The highest BCUT2D eigenvalue weighted by atomic mass is 16.5. The van der Waals surface area contributed by atoms with Crippen LogP contribution in [0.3, 0.4) is 0 Å². The number of amides is 2. The summed E-state index contributed by atoms with van der Waals surface area (Å²) in [6.07, 6.45) is 1.89. The molecule has 1 unspecified atom stereocenters. The molecule has 0 saturated carbocycles. The number of benzene rings is 2. The summed E-state index contributed by atoms with van der Waals surface area (Å²) in [4.78, 5) is 51.5. The molecule has 1 aromatic heterocycles. The average molecular weight is 551 g/mol. The van der Waals surface area contributed by atoms with E-state index in [2.05, 4.69) is 5.32 Å². The fraction of sp³-hybridized carbons (Fsp3) is 0.286. The number of aryl methyl sites for hydroxylation is 1. The monoisotopic (exact) mass is 550 g/mol. The van der Waals surface area contributed by atoms with Gasteiger partial charge in [0.2, 0.25) is 0 Å². The van der Waals surface area contributed by atoms with Gasteiger partial charge in [0.05, 0.1) is 36.6 Å². The van der Waals surface area contributed by atoms with Crippen LogP contribution < -0.4 is 26.0 Å². The van der Waals surface area contributed by atoms with Crippen molar-refractivity contribution in [1.29, 1.82) is 0 Å². The summed E-state index contributed by atoms with van der Waals surface area (Å²) in [5.74, 6) is -0.103. The fourth-order valence-corrected chi connectivity index (χ4v) is 4.58. The number of ether oxygens (including phenoxy) is 2. The zero-order chi connectivity index (χ0) is 29.0. The van der Waals surface area contributed by atoms with Crippen LogP contribution in [0.1, 0.15) is 27.9 Å². The standard InChI is InChI=1S/C28H30N4O8/c1-30-14-21(25(34)31(2)28(30)38)18-9-10-32(19(11-18)15-33)26(35)20-12-23(39-3)24(13-22(20)29-27(36)37)40-16-17-7-5-4-6-8-17/h4-9,12-14,19,29,33H,10-11,15-16H2,1-3H3,(H,36,37). The van der Waals surface area contributed by atoms with Crippen LogP contribution in [0, 0.1) is 0 Å². The van der Waals surface area contributed by atoms with Crippen LogP contribution in [0.2, 0.25) is 0 Å². The first-order valence-corrected chi connectivity index (χ1v) is 12.4. The number of hydrogen-bond acceptors (Lipinski definition) is 7. The maximum atomic E-state index is 13.7. The second kappa shape index (κ2) is 11.9. The molecular formula is C28H30N4O8. The van der Waals surface area contributed by atoms with Gasteiger partial charge in [-0.05, 0) is 23.6 Å². The van der Waals surface area contributed by atoms with Crippen molar-refractivity contribution in [3.63, 3.8) is 0 Å². The van der Waals surface area contributed by atoms with Crippen LogP contribution in [0.4, 0.5) is 10.5 Å². The largest absolute Gasteiger partial charge is 0.493 e. The summed E-state index contributed by atoms with van der Waals surface area (Å²) in [6.45, 7) is -0.188. The third-order valence-electron chi connectivity index (χ3n) is 6.71. The second-order valence-electron chi connectivity index (χ2n) is 9.28. The number of aliphatic hydroxyl groups is 1. The first kappa shape index (κ1) is 28.2. The van der Waals surface area contributed by atoms with Crippen LogP contribution in [0.15, 0.2) is 64.3 Å². The van der Waals surface area contributed by atoms with Gasteiger partial charge < -0.3 is 29.2 Å². The summed E-state index contributed by atoms with van der Waals surface area (Å²) >= 11 is 0. The number of rotatable bonds is 8. The number of nitrogens with one attached hydrogen (secondary N) is 1. The number of carbonyl (C=O) groups is 2. The van der Waals surface area contributed by atoms with Crippen LogP contribution >= 0.6 is 0 Å². The zero-order valence-corrected chi connectivity index (χ0v) is 22.3. The normalized spacial score (nSPS) is 14.8. The molecule has 0 aliphatic carbocycles. The van der Waals surface area contributed by atoms with Gasteiger partial charge in [-0.3, -0.25) is 19.5 Å². The molecule has 0 radical (unpaired) electrons. The van der Waals surface area contributed by atoms with Gasteiger partial charge in [-0.15, -0.1) is 0 Å². The summed E-state index contributed by atoms with van der Waals surface area (Å²) in [6, 6.07) is 11.4. The average Bonchev–Trinajstić information content (AvgIpc) is 2.96. The van der Waals surface area contributed by atoms with E-state index in [4.69, 9.17) is 9.47 Å². The van der Waals surface area contributed by atoms with Crippen molar-refractivity contribution in [1.82, 2.24) is 14.0 Å². The highest BCUT2D eigenvalue weighted by Crippen LogP contribution is 2.36. The minimum Gasteiger partial charge on any atom is -0.493 e. The predicted octanol–water partition coefficient (Wildman–Crippen LogP) is 2.05. The molecule has 3 aromatic rings. The molecule has 0 saturated heterocycles. The molecule has 1 aliphatic rings. The third kappa shape index (κ3) is 5.76. The lowest BCUT2D eigenvalue weighted by Crippen LogP contribution is -2.46. The van der Waals surface area contributed by atoms with Crippen molar-refractivity contribution >= 4 is 23.3 Å². The van der Waals surface area contributed by atoms with Crippen molar-refractivity contribution in [2.75, 3.05) is 25.6 Å². The summed E-state index contributed by atoms with van der Waals surface area (Å²) in [5, 5.41) is 21.9. The SMILES string of the molecule is COc1cc(C(=O)N2CC=C(c3cn(C)c(=O)n(C)c3=O)CC2CO)c(NC(=O)O)cc1OCc1ccccc1. The predicted molar refractivity (Wildman–Crippen MR) is 147 cm³/mol. The van der Waals surface area contributed by atoms with E-state index < -0.39 is 35.9 Å². The topological polar surface area (TPSA) is 152 Å². The molecular weight excluding hydrogens is 520 g/mol. The molecule has 0 bridgehead atoms. The van der Waals surface area contributed by atoms with Crippen molar-refractivity contribution in [3.05, 3.63) is 92.3 Å². The third-order valence-corrected chi connectivity index (χ3v) is 6.71. The Morgan fingerprint density at radius 1 is 1.10 bits per heavy atom. The van der Waals surface area contributed by atoms with E-state index in [1.807, 2.05) is 30.3 Å². The van der Waals surface area contributed by atoms with Crippen molar-refractivity contribution in [3.8, 4) is 11.5 Å². The zero-order valence-electron chi connectivity index (χ0n) is 22.3. The lowest BCUT2D eigenvalue weighted by molar-refractivity contribution is 0.0619. The van der Waals surface area contributed by atoms with Gasteiger partial charge in [-0.25, -0.2) is 9.59 Å². The van der Waals surface area contributed by atoms with Crippen molar-refractivity contribution in [2.24, 2.45) is 14.1 Å². The van der Waals surface area contributed by atoms with Crippen LogP contribution in [-0.4, -0.2) is 62.6 Å². The van der Waals surface area contributed by atoms with Crippen LogP contribution in [0.25, 0.3) is 5.57 Å². The molecule has 4 rings (SSSR count). The minimum atomic E-state index is -1.38. The van der Waals surface area contributed by atoms with Gasteiger partial charge in [0.15, 0.2) is 11.5 Å². The Morgan fingerprint density at radius 3 is 2.48 bits per heavy atom. The number of methoxy groups -OCH3 is 1. The molecule has 0 spiro atoms. The van der Waals surface area contributed by atoms with E-state index in [1.165, 1.54) is 49.0 Å². The van der Waals surface area contributed by atoms with Crippen molar-refractivity contribution < 1.29 is 29.3 Å². The highest BCUT2D eigenvalue weighted by Gasteiger charge is 2.31. The lowest BCUT2D eigenvalue weighted by Gasteiger charge is -2.35. The quantitative estimate of drug-likeness (QED) is 0.385. The smallest absolute Gasteiger partial charge is 0.409 e. The highest BCUT2D eigenvalue weighted by molar-refractivity contribution is 6.03. The molecule has 40 heavy (non-hydrogen) atoms. The Hall–Kier alpha value is -4.84. The maximum absolute atomic E-state index is 13.7. The Labute approximate surface area is 229 Å². The van der Waals surface area contributed by atoms with Gasteiger partial charge in [0, 0.05) is 32.9 Å². The van der Waals surface area contributed by atoms with E-state index in [0.29, 0.717) is 11.1 Å². The van der Waals surface area contributed by atoms with E-state index in [0.717, 1.165) is 10.1 Å². The number of aromatic nitrogens is 2. The van der Waals surface area contributed by atoms with Crippen LogP contribution in [-0.2, 0) is 20.7 Å². The van der Waals surface area contributed by atoms with Gasteiger partial charge >= 0.3 is 11.8 Å². The Bertz CT molecular complexity index is 1580. The Morgan fingerprint density at radius 2 is 1.82 bits per heavy atom. The van der Waals surface area contributed by atoms with Crippen LogP contribution in [0.5, 0.6) is 11.5 Å². The second-order valence-corrected chi connectivity index (χ2v) is 9.28. The van der Waals surface area contributed by atoms with E-state index in [9.17, 15) is 29.4 Å². The maximum Gasteiger partial charge on any atom is 0.409 e. The molecule has 210 valence electrons. The number of anilines is 1. The molecule has 12 heteroatoms. The van der Waals surface area contributed by atoms with Gasteiger partial charge in [0.25, 0.3) is 11.5 Å². The van der Waals surface area contributed by atoms with E-state index in [-0.39, 0.29) is 42.3 Å². The number of carboxylic acid groups (broad SMARTS) is 1. The van der Waals surface area contributed by atoms with Gasteiger partial charge in [-0.1, -0.05) is 36.4 Å². The van der Waals surface area contributed by atoms with Gasteiger partial charge in [0.1, 0.15) is 6.61 Å². The molecule has 2 heterocycles. The Kier molecular flexibility index (Phi) is 8.39. The van der Waals surface area contributed by atoms with E-state index >= 15 is 0 Å². The summed E-state index contributed by atoms with van der Waals surface area (Å²) in [7, 11) is 4.32. The first-order valence-electron chi connectivity index (χ1n) is 12.4. The molecule has 1 atom stereocenters. The molecule has 2 aromatic carbocycles. The molecule has 1 aliphatic heterocycles. The minimum absolute atomic E-state index is 0.000340. The lowest BCUT2D eigenvalue weighted by atomic mass is 9.95. The number of hydrogen-bond donors (Lipinski definition) is 3. The number of nitrogens with zero attached hydrogens (tertiary/aromatic N) is 3. The summed E-state index contributed by atoms with van der Waals surface area (Å²) < 4.78 is 13.6. The van der Waals surface area contributed by atoms with Crippen molar-refractivity contribution in [2.45, 2.75) is 19.1 Å². The fourth-order valence-electron chi connectivity index (χ4n) is 4.58. The first-order chi connectivity index (χ1) is 19.1. The van der Waals surface area contributed by atoms with E-state index in [1.54, 1.807) is 6.08 Å². The Balaban J connectivity index is 1.68. The molecule has 3 N–H and O–H groups in total. The number of carbonyl (C=O) groups excluding carboxylic acids is 1. The molecule has 2 amide bonds. The van der Waals surface area contributed by atoms with Gasteiger partial charge in [-0.2, -0.15) is 0 Å². The number of aliphatic hydroxyl groups excluding tert-OH is 1. The summed E-state index contributed by atoms with van der Waals surface area (Å²) in [5.41, 5.74) is 0.807. The molecule has 0 fully saturated rings. The molecule has 12 nitrogen and oxygen atoms in total.